The lowest BCUT2D eigenvalue weighted by Gasteiger charge is -2.13. The Morgan fingerprint density at radius 3 is 2.53 bits per heavy atom. The number of hydrogen-bond donors (Lipinski definition) is 1. The Hall–Kier alpha value is -1.81. The maximum Gasteiger partial charge on any atom is 0.161 e. The van der Waals surface area contributed by atoms with Crippen LogP contribution in [0.5, 0.6) is 11.5 Å². The van der Waals surface area contributed by atoms with Crippen molar-refractivity contribution >= 4 is 10.8 Å². The molecule has 0 fully saturated rings. The van der Waals surface area contributed by atoms with Crippen LogP contribution in [-0.4, -0.2) is 25.7 Å². The van der Waals surface area contributed by atoms with Gasteiger partial charge >= 0.3 is 0 Å². The summed E-state index contributed by atoms with van der Waals surface area (Å²) in [6.07, 6.45) is 2.69. The highest BCUT2D eigenvalue weighted by Gasteiger charge is 2.11. The van der Waals surface area contributed by atoms with Crippen molar-refractivity contribution < 1.29 is 9.47 Å². The number of hydrogen-bond acceptors (Lipinski definition) is 4. The number of methoxy groups -OCH3 is 2. The van der Waals surface area contributed by atoms with Gasteiger partial charge in [0.05, 0.1) is 14.2 Å². The Balaban J connectivity index is 2.54. The topological polar surface area (TPSA) is 57.4 Å². The first-order chi connectivity index (χ1) is 9.19. The molecule has 0 radical (unpaired) electrons. The number of nitrogens with two attached hydrogens (primary N) is 1. The van der Waals surface area contributed by atoms with Gasteiger partial charge in [-0.2, -0.15) is 0 Å². The van der Waals surface area contributed by atoms with Crippen molar-refractivity contribution in [3.8, 4) is 11.5 Å². The molecule has 19 heavy (non-hydrogen) atoms. The zero-order valence-corrected chi connectivity index (χ0v) is 11.6. The standard InChI is InChI=1S/C15H20N2O2/c1-10(9-16)6-13-12-8-15(19-3)14(18-2)7-11(12)4-5-17-13/h4-5,7-8,10H,6,9,16H2,1-3H3. The number of fused-ring (bicyclic) bond motifs is 1. The molecule has 4 heteroatoms. The number of pyridine rings is 1. The third-order valence-corrected chi connectivity index (χ3v) is 3.30. The fraction of sp³-hybridized carbons (Fsp3) is 0.400. The molecule has 0 aliphatic rings. The maximum absolute atomic E-state index is 5.69. The summed E-state index contributed by atoms with van der Waals surface area (Å²) in [7, 11) is 3.28. The molecule has 1 atom stereocenters. The fourth-order valence-electron chi connectivity index (χ4n) is 2.14. The quantitative estimate of drug-likeness (QED) is 0.896. The molecular formula is C15H20N2O2. The highest BCUT2D eigenvalue weighted by Crippen LogP contribution is 2.33. The Morgan fingerprint density at radius 1 is 1.21 bits per heavy atom. The van der Waals surface area contributed by atoms with Gasteiger partial charge in [0.25, 0.3) is 0 Å². The van der Waals surface area contributed by atoms with E-state index in [4.69, 9.17) is 15.2 Å². The van der Waals surface area contributed by atoms with Crippen LogP contribution in [0, 0.1) is 5.92 Å². The zero-order chi connectivity index (χ0) is 13.8. The van der Waals surface area contributed by atoms with Gasteiger partial charge in [0.1, 0.15) is 0 Å². The summed E-state index contributed by atoms with van der Waals surface area (Å²) in [4.78, 5) is 4.47. The summed E-state index contributed by atoms with van der Waals surface area (Å²) >= 11 is 0. The normalized spacial score (nSPS) is 12.4. The SMILES string of the molecule is COc1cc2ccnc(CC(C)CN)c2cc1OC. The first-order valence-corrected chi connectivity index (χ1v) is 6.39. The van der Waals surface area contributed by atoms with E-state index in [-0.39, 0.29) is 0 Å². The van der Waals surface area contributed by atoms with Crippen LogP contribution < -0.4 is 15.2 Å². The van der Waals surface area contributed by atoms with Crippen LogP contribution in [0.4, 0.5) is 0 Å². The van der Waals surface area contributed by atoms with E-state index in [1.54, 1.807) is 14.2 Å². The predicted octanol–water partition coefficient (Wildman–Crippen LogP) is 2.39. The zero-order valence-electron chi connectivity index (χ0n) is 11.6. The van der Waals surface area contributed by atoms with Crippen molar-refractivity contribution in [2.45, 2.75) is 13.3 Å². The van der Waals surface area contributed by atoms with E-state index in [2.05, 4.69) is 11.9 Å². The van der Waals surface area contributed by atoms with E-state index in [9.17, 15) is 0 Å². The van der Waals surface area contributed by atoms with Gasteiger partial charge in [0.2, 0.25) is 0 Å². The van der Waals surface area contributed by atoms with Gasteiger partial charge in [0.15, 0.2) is 11.5 Å². The lowest BCUT2D eigenvalue weighted by molar-refractivity contribution is 0.356. The Bertz CT molecular complexity index is 569. The molecule has 2 rings (SSSR count). The van der Waals surface area contributed by atoms with Gasteiger partial charge in [-0.3, -0.25) is 4.98 Å². The van der Waals surface area contributed by atoms with Gasteiger partial charge < -0.3 is 15.2 Å². The molecule has 0 spiro atoms. The molecule has 1 aromatic carbocycles. The average Bonchev–Trinajstić information content (AvgIpc) is 2.45. The van der Waals surface area contributed by atoms with Crippen molar-refractivity contribution in [1.82, 2.24) is 4.98 Å². The van der Waals surface area contributed by atoms with Crippen LogP contribution in [0.25, 0.3) is 10.8 Å². The Kier molecular flexibility index (Phi) is 4.22. The van der Waals surface area contributed by atoms with E-state index in [0.29, 0.717) is 12.5 Å². The first-order valence-electron chi connectivity index (χ1n) is 6.39. The minimum atomic E-state index is 0.409. The minimum absolute atomic E-state index is 0.409. The number of benzene rings is 1. The molecule has 102 valence electrons. The summed E-state index contributed by atoms with van der Waals surface area (Å²) in [6, 6.07) is 5.94. The van der Waals surface area contributed by atoms with Gasteiger partial charge in [-0.15, -0.1) is 0 Å². The number of ether oxygens (including phenoxy) is 2. The van der Waals surface area contributed by atoms with Crippen LogP contribution in [0.3, 0.4) is 0 Å². The van der Waals surface area contributed by atoms with Crippen molar-refractivity contribution in [1.29, 1.82) is 0 Å². The summed E-state index contributed by atoms with van der Waals surface area (Å²) in [6.45, 7) is 2.78. The molecule has 2 aromatic rings. The Morgan fingerprint density at radius 2 is 1.89 bits per heavy atom. The van der Waals surface area contributed by atoms with Crippen LogP contribution in [-0.2, 0) is 6.42 Å². The molecule has 0 amide bonds. The van der Waals surface area contributed by atoms with Crippen molar-refractivity contribution in [3.63, 3.8) is 0 Å². The van der Waals surface area contributed by atoms with E-state index in [1.165, 1.54) is 0 Å². The second-order valence-electron chi connectivity index (χ2n) is 4.73. The monoisotopic (exact) mass is 260 g/mol. The smallest absolute Gasteiger partial charge is 0.161 e. The molecule has 4 nitrogen and oxygen atoms in total. The lowest BCUT2D eigenvalue weighted by atomic mass is 10.0. The van der Waals surface area contributed by atoms with Crippen molar-refractivity contribution in [3.05, 3.63) is 30.1 Å². The lowest BCUT2D eigenvalue weighted by Crippen LogP contribution is -2.14. The summed E-state index contributed by atoms with van der Waals surface area (Å²) in [5, 5.41) is 2.20. The highest BCUT2D eigenvalue weighted by molar-refractivity contribution is 5.87. The first kappa shape index (κ1) is 13.6. The summed E-state index contributed by atoms with van der Waals surface area (Å²) in [5.74, 6) is 1.87. The van der Waals surface area contributed by atoms with Crippen LogP contribution >= 0.6 is 0 Å². The maximum atomic E-state index is 5.69. The Labute approximate surface area is 113 Å². The molecule has 0 bridgehead atoms. The van der Waals surface area contributed by atoms with E-state index in [0.717, 1.165) is 34.4 Å². The van der Waals surface area contributed by atoms with E-state index >= 15 is 0 Å². The van der Waals surface area contributed by atoms with Gasteiger partial charge in [-0.25, -0.2) is 0 Å². The molecule has 1 unspecified atom stereocenters. The third-order valence-electron chi connectivity index (χ3n) is 3.30. The van der Waals surface area contributed by atoms with Crippen LogP contribution in [0.2, 0.25) is 0 Å². The number of rotatable bonds is 5. The summed E-state index contributed by atoms with van der Waals surface area (Å²) < 4.78 is 10.7. The van der Waals surface area contributed by atoms with Crippen molar-refractivity contribution in [2.24, 2.45) is 11.7 Å². The van der Waals surface area contributed by atoms with Crippen LogP contribution in [0.1, 0.15) is 12.6 Å². The van der Waals surface area contributed by atoms with E-state index < -0.39 is 0 Å². The largest absolute Gasteiger partial charge is 0.493 e. The number of aromatic nitrogens is 1. The van der Waals surface area contributed by atoms with Crippen LogP contribution in [0.15, 0.2) is 24.4 Å². The highest BCUT2D eigenvalue weighted by atomic mass is 16.5. The molecule has 1 heterocycles. The average molecular weight is 260 g/mol. The molecule has 1 aromatic heterocycles. The second-order valence-corrected chi connectivity index (χ2v) is 4.73. The van der Waals surface area contributed by atoms with Crippen molar-refractivity contribution in [2.75, 3.05) is 20.8 Å². The van der Waals surface area contributed by atoms with Gasteiger partial charge in [0, 0.05) is 17.3 Å². The number of nitrogens with zero attached hydrogens (tertiary/aromatic N) is 1. The minimum Gasteiger partial charge on any atom is -0.493 e. The third kappa shape index (κ3) is 2.79. The second kappa shape index (κ2) is 5.89. The van der Waals surface area contributed by atoms with Gasteiger partial charge in [-0.05, 0) is 42.5 Å². The molecule has 0 aliphatic carbocycles. The molecular weight excluding hydrogens is 240 g/mol. The fourth-order valence-corrected chi connectivity index (χ4v) is 2.14. The molecule has 0 saturated heterocycles. The molecule has 0 saturated carbocycles. The van der Waals surface area contributed by atoms with E-state index in [1.807, 2.05) is 24.4 Å². The summed E-state index contributed by atoms with van der Waals surface area (Å²) in [5.41, 5.74) is 6.75. The molecule has 0 aliphatic heterocycles. The molecule has 2 N–H and O–H groups in total. The predicted molar refractivity (Wildman–Crippen MR) is 76.8 cm³/mol. The van der Waals surface area contributed by atoms with Gasteiger partial charge in [-0.1, -0.05) is 6.92 Å².